The van der Waals surface area contributed by atoms with Gasteiger partial charge >= 0.3 is 0 Å². The highest BCUT2D eigenvalue weighted by Crippen LogP contribution is 2.60. The first kappa shape index (κ1) is 25.1. The van der Waals surface area contributed by atoms with Gasteiger partial charge in [0.25, 0.3) is 0 Å². The minimum Gasteiger partial charge on any atom is -0.208 e. The Hall–Kier alpha value is -4.62. The van der Waals surface area contributed by atoms with Crippen LogP contribution in [0.1, 0.15) is 49.7 Å². The lowest BCUT2D eigenvalue weighted by Crippen LogP contribution is -2.48. The summed E-state index contributed by atoms with van der Waals surface area (Å²) in [5.74, 6) is 4.60. The largest absolute Gasteiger partial charge is 0.208 e. The van der Waals surface area contributed by atoms with Crippen molar-refractivity contribution in [2.45, 2.75) is 43.9 Å². The highest BCUT2D eigenvalue weighted by atomic mass is 15.0. The highest BCUT2D eigenvalue weighted by Gasteiger charge is 2.51. The van der Waals surface area contributed by atoms with Gasteiger partial charge in [-0.05, 0) is 90.5 Å². The molecule has 4 bridgehead atoms. The van der Waals surface area contributed by atoms with Crippen LogP contribution in [0.5, 0.6) is 0 Å². The van der Waals surface area contributed by atoms with E-state index in [1.165, 1.54) is 49.7 Å². The van der Waals surface area contributed by atoms with Crippen molar-refractivity contribution < 1.29 is 0 Å². The van der Waals surface area contributed by atoms with E-state index >= 15 is 0 Å². The third-order valence-electron chi connectivity index (χ3n) is 9.93. The molecular weight excluding hydrogens is 512 g/mol. The lowest BCUT2D eigenvalue weighted by atomic mass is 9.48. The summed E-state index contributed by atoms with van der Waals surface area (Å²) < 4.78 is 0. The van der Waals surface area contributed by atoms with E-state index < -0.39 is 0 Å². The van der Waals surface area contributed by atoms with Crippen molar-refractivity contribution in [3.8, 4) is 51.4 Å². The average Bonchev–Trinajstić information content (AvgIpc) is 3.04. The number of aromatic nitrogens is 3. The fraction of sp³-hybridized carbons (Fsp3) is 0.263. The van der Waals surface area contributed by atoms with Gasteiger partial charge in [0.2, 0.25) is 0 Å². The van der Waals surface area contributed by atoms with Crippen LogP contribution in [-0.4, -0.2) is 15.0 Å². The smallest absolute Gasteiger partial charge is 0.164 e. The fourth-order valence-corrected chi connectivity index (χ4v) is 8.47. The van der Waals surface area contributed by atoms with Crippen LogP contribution in [0.25, 0.3) is 45.3 Å². The summed E-state index contributed by atoms with van der Waals surface area (Å²) in [6.45, 7) is 0. The number of nitriles is 1. The molecule has 0 saturated heterocycles. The van der Waals surface area contributed by atoms with Crippen LogP contribution >= 0.6 is 0 Å². The molecule has 9 rings (SSSR count). The topological polar surface area (TPSA) is 62.5 Å². The quantitative estimate of drug-likeness (QED) is 0.222. The van der Waals surface area contributed by atoms with Gasteiger partial charge in [0.05, 0.1) is 11.6 Å². The summed E-state index contributed by atoms with van der Waals surface area (Å²) in [6.07, 6.45) is 8.51. The molecule has 0 spiro atoms. The van der Waals surface area contributed by atoms with E-state index in [4.69, 9.17) is 15.0 Å². The molecule has 0 amide bonds. The monoisotopic (exact) mass is 544 g/mol. The Kier molecular flexibility index (Phi) is 6.00. The highest BCUT2D eigenvalue weighted by molar-refractivity contribution is 5.82. The van der Waals surface area contributed by atoms with Crippen molar-refractivity contribution in [2.75, 3.05) is 0 Å². The zero-order valence-electron chi connectivity index (χ0n) is 23.6. The summed E-state index contributed by atoms with van der Waals surface area (Å²) >= 11 is 0. The molecule has 4 aromatic carbocycles. The summed E-state index contributed by atoms with van der Waals surface area (Å²) in [5.41, 5.74) is 7.48. The zero-order chi connectivity index (χ0) is 28.1. The molecule has 0 atom stereocenters. The van der Waals surface area contributed by atoms with Crippen LogP contribution in [0, 0.1) is 29.1 Å². The van der Waals surface area contributed by atoms with E-state index in [1.54, 1.807) is 6.07 Å². The van der Waals surface area contributed by atoms with Gasteiger partial charge in [-0.25, -0.2) is 15.0 Å². The van der Waals surface area contributed by atoms with Crippen LogP contribution < -0.4 is 0 Å². The molecule has 1 aromatic heterocycles. The van der Waals surface area contributed by atoms with Gasteiger partial charge < -0.3 is 0 Å². The van der Waals surface area contributed by atoms with Gasteiger partial charge in [-0.3, -0.25) is 0 Å². The predicted molar refractivity (Wildman–Crippen MR) is 166 cm³/mol. The minimum atomic E-state index is 0.387. The molecule has 4 aliphatic rings. The normalized spacial score (nSPS) is 23.9. The SMILES string of the molecule is N#Cc1cccc(-c2nc(-c3ccccc3)nc(-c3ccccc3-c3ccc(C45C[C@H]6C[C@@H](C4)C[C@@H](C5)C6)cc3)n2)c1. The Morgan fingerprint density at radius 3 is 1.79 bits per heavy atom. The Morgan fingerprint density at radius 2 is 1.12 bits per heavy atom. The summed E-state index contributed by atoms with van der Waals surface area (Å²) in [7, 11) is 0. The van der Waals surface area contributed by atoms with E-state index in [-0.39, 0.29) is 0 Å². The molecule has 0 aliphatic heterocycles. The number of rotatable bonds is 5. The van der Waals surface area contributed by atoms with Gasteiger partial charge in [-0.2, -0.15) is 5.26 Å². The summed E-state index contributed by atoms with van der Waals surface area (Å²) in [4.78, 5) is 14.8. The van der Waals surface area contributed by atoms with Crippen molar-refractivity contribution in [2.24, 2.45) is 17.8 Å². The molecule has 4 aliphatic carbocycles. The average molecular weight is 545 g/mol. The van der Waals surface area contributed by atoms with Crippen molar-refractivity contribution in [3.05, 3.63) is 114 Å². The number of nitrogens with zero attached hydrogens (tertiary/aromatic N) is 4. The maximum absolute atomic E-state index is 9.50. The van der Waals surface area contributed by atoms with Gasteiger partial charge in [-0.15, -0.1) is 0 Å². The van der Waals surface area contributed by atoms with Crippen LogP contribution in [-0.2, 0) is 5.41 Å². The van der Waals surface area contributed by atoms with E-state index in [0.717, 1.165) is 40.0 Å². The van der Waals surface area contributed by atoms with Crippen molar-refractivity contribution in [1.29, 1.82) is 5.26 Å². The first-order valence-electron chi connectivity index (χ1n) is 15.2. The van der Waals surface area contributed by atoms with Crippen molar-refractivity contribution in [1.82, 2.24) is 15.0 Å². The van der Waals surface area contributed by atoms with Gasteiger partial charge in [0, 0.05) is 16.7 Å². The molecule has 1 heterocycles. The Morgan fingerprint density at radius 1 is 0.548 bits per heavy atom. The Labute approximate surface area is 247 Å². The standard InChI is InChI=1S/C38H32N4/c39-24-25-7-6-10-31(20-25)36-40-35(30-8-2-1-3-9-30)41-37(42-36)34-12-5-4-11-33(34)29-13-15-32(16-14-29)38-21-26-17-27(22-38)19-28(18-26)23-38/h1-16,20,26-28H,17-19,21-23H2/t26-,27+,28-,38?. The number of benzene rings is 4. The summed E-state index contributed by atoms with van der Waals surface area (Å²) in [5, 5.41) is 9.50. The first-order valence-corrected chi connectivity index (χ1v) is 15.2. The van der Waals surface area contributed by atoms with Crippen LogP contribution in [0.2, 0.25) is 0 Å². The second-order valence-corrected chi connectivity index (χ2v) is 12.7. The fourth-order valence-electron chi connectivity index (χ4n) is 8.47. The zero-order valence-corrected chi connectivity index (χ0v) is 23.6. The molecule has 0 radical (unpaired) electrons. The second-order valence-electron chi connectivity index (χ2n) is 12.7. The lowest BCUT2D eigenvalue weighted by Gasteiger charge is -2.57. The molecule has 4 nitrogen and oxygen atoms in total. The number of hydrogen-bond acceptors (Lipinski definition) is 4. The van der Waals surface area contributed by atoms with Crippen LogP contribution in [0.3, 0.4) is 0 Å². The number of hydrogen-bond donors (Lipinski definition) is 0. The van der Waals surface area contributed by atoms with Gasteiger partial charge in [0.15, 0.2) is 17.5 Å². The molecular formula is C38H32N4. The summed E-state index contributed by atoms with van der Waals surface area (Å²) in [6, 6.07) is 37.5. The molecule has 204 valence electrons. The second kappa shape index (κ2) is 10.0. The molecule has 5 aromatic rings. The lowest BCUT2D eigenvalue weighted by molar-refractivity contribution is -0.00518. The minimum absolute atomic E-state index is 0.387. The Bertz CT molecular complexity index is 1780. The third-order valence-corrected chi connectivity index (χ3v) is 9.93. The third kappa shape index (κ3) is 4.41. The van der Waals surface area contributed by atoms with Crippen molar-refractivity contribution >= 4 is 0 Å². The first-order chi connectivity index (χ1) is 20.7. The van der Waals surface area contributed by atoms with Gasteiger partial charge in [-0.1, -0.05) is 91.0 Å². The molecule has 4 fully saturated rings. The molecule has 4 heteroatoms. The van der Waals surface area contributed by atoms with E-state index in [9.17, 15) is 5.26 Å². The van der Waals surface area contributed by atoms with E-state index in [2.05, 4.69) is 48.5 Å². The molecule has 42 heavy (non-hydrogen) atoms. The molecule has 4 saturated carbocycles. The van der Waals surface area contributed by atoms with Crippen LogP contribution in [0.4, 0.5) is 0 Å². The van der Waals surface area contributed by atoms with Crippen molar-refractivity contribution in [3.63, 3.8) is 0 Å². The molecule has 0 N–H and O–H groups in total. The van der Waals surface area contributed by atoms with Gasteiger partial charge in [0.1, 0.15) is 0 Å². The predicted octanol–water partition coefficient (Wildman–Crippen LogP) is 8.88. The van der Waals surface area contributed by atoms with E-state index in [1.807, 2.05) is 54.6 Å². The maximum Gasteiger partial charge on any atom is 0.164 e. The maximum atomic E-state index is 9.50. The van der Waals surface area contributed by atoms with Crippen LogP contribution in [0.15, 0.2) is 103 Å². The van der Waals surface area contributed by atoms with E-state index in [0.29, 0.717) is 28.5 Å². The Balaban J connectivity index is 1.21. The molecule has 0 unspecified atom stereocenters.